The van der Waals surface area contributed by atoms with Crippen LogP contribution in [0.3, 0.4) is 0 Å². The fraction of sp³-hybridized carbons (Fsp3) is 0.409. The molecule has 2 aromatic heterocycles. The van der Waals surface area contributed by atoms with Crippen LogP contribution in [0.1, 0.15) is 64.5 Å². The first kappa shape index (κ1) is 18.9. The highest BCUT2D eigenvalue weighted by Crippen LogP contribution is 2.31. The number of amides is 1. The molecule has 146 valence electrons. The molecule has 1 saturated carbocycles. The molecule has 1 amide bonds. The van der Waals surface area contributed by atoms with Gasteiger partial charge in [0.05, 0.1) is 11.9 Å². The minimum absolute atomic E-state index is 0.0178. The van der Waals surface area contributed by atoms with Gasteiger partial charge in [0.15, 0.2) is 0 Å². The van der Waals surface area contributed by atoms with Gasteiger partial charge in [-0.25, -0.2) is 4.98 Å². The molecule has 0 atom stereocenters. The predicted octanol–water partition coefficient (Wildman–Crippen LogP) is 5.14. The summed E-state index contributed by atoms with van der Waals surface area (Å²) in [5, 5.41) is 3.00. The van der Waals surface area contributed by atoms with Gasteiger partial charge in [-0.05, 0) is 50.8 Å². The number of nitrogens with zero attached hydrogens (tertiary/aromatic N) is 2. The number of anilines is 1. The highest BCUT2D eigenvalue weighted by atomic mass is 32.1. The molecule has 1 N–H and O–H groups in total. The molecule has 0 unspecified atom stereocenters. The molecule has 28 heavy (non-hydrogen) atoms. The van der Waals surface area contributed by atoms with E-state index in [0.717, 1.165) is 47.4 Å². The molecule has 0 saturated heterocycles. The van der Waals surface area contributed by atoms with Crippen LogP contribution in [0.25, 0.3) is 10.2 Å². The van der Waals surface area contributed by atoms with Crippen LogP contribution in [0.4, 0.5) is 5.69 Å². The molecule has 3 aromatic rings. The Hall–Kier alpha value is -2.47. The SMILES string of the molecule is Cc1ccc(C)c(NC(=O)c2c(C)sc3c(=O)n(C4CCCCC4)cnc23)c1. The van der Waals surface area contributed by atoms with Gasteiger partial charge in [-0.15, -0.1) is 11.3 Å². The normalized spacial score (nSPS) is 15.1. The van der Waals surface area contributed by atoms with Crippen molar-refractivity contribution < 1.29 is 4.79 Å². The third-order valence-corrected chi connectivity index (χ3v) is 6.72. The maximum atomic E-state index is 13.1. The van der Waals surface area contributed by atoms with E-state index in [1.165, 1.54) is 17.8 Å². The number of benzene rings is 1. The van der Waals surface area contributed by atoms with Crippen molar-refractivity contribution in [3.63, 3.8) is 0 Å². The molecule has 0 bridgehead atoms. The van der Waals surface area contributed by atoms with Crippen molar-refractivity contribution in [2.24, 2.45) is 0 Å². The fourth-order valence-electron chi connectivity index (χ4n) is 4.03. The van der Waals surface area contributed by atoms with Gasteiger partial charge in [0, 0.05) is 16.6 Å². The van der Waals surface area contributed by atoms with E-state index in [0.29, 0.717) is 15.8 Å². The van der Waals surface area contributed by atoms with E-state index in [1.54, 1.807) is 10.9 Å². The summed E-state index contributed by atoms with van der Waals surface area (Å²) in [4.78, 5) is 31.5. The van der Waals surface area contributed by atoms with E-state index >= 15 is 0 Å². The number of rotatable bonds is 3. The van der Waals surface area contributed by atoms with Crippen molar-refractivity contribution in [2.75, 3.05) is 5.32 Å². The van der Waals surface area contributed by atoms with Gasteiger partial charge in [-0.2, -0.15) is 0 Å². The highest BCUT2D eigenvalue weighted by molar-refractivity contribution is 7.19. The topological polar surface area (TPSA) is 64.0 Å². The lowest BCUT2D eigenvalue weighted by molar-refractivity contribution is 0.102. The molecule has 5 nitrogen and oxygen atoms in total. The number of thiophene rings is 1. The molecule has 1 aliphatic carbocycles. The largest absolute Gasteiger partial charge is 0.322 e. The van der Waals surface area contributed by atoms with Crippen LogP contribution >= 0.6 is 11.3 Å². The van der Waals surface area contributed by atoms with E-state index in [2.05, 4.69) is 10.3 Å². The number of carbonyl (C=O) groups excluding carboxylic acids is 1. The first-order chi connectivity index (χ1) is 13.5. The zero-order valence-electron chi connectivity index (χ0n) is 16.5. The summed E-state index contributed by atoms with van der Waals surface area (Å²) < 4.78 is 2.36. The molecular weight excluding hydrogens is 370 g/mol. The van der Waals surface area contributed by atoms with Crippen LogP contribution in [0.5, 0.6) is 0 Å². The van der Waals surface area contributed by atoms with Gasteiger partial charge in [0.2, 0.25) is 0 Å². The zero-order valence-corrected chi connectivity index (χ0v) is 17.4. The van der Waals surface area contributed by atoms with Crippen LogP contribution in [0.15, 0.2) is 29.3 Å². The Kier molecular flexibility index (Phi) is 5.06. The van der Waals surface area contributed by atoms with Crippen molar-refractivity contribution in [1.82, 2.24) is 9.55 Å². The van der Waals surface area contributed by atoms with Gasteiger partial charge in [0.1, 0.15) is 10.2 Å². The number of hydrogen-bond donors (Lipinski definition) is 1. The summed E-state index contributed by atoms with van der Waals surface area (Å²) in [6, 6.07) is 6.20. The number of aryl methyl sites for hydroxylation is 3. The molecule has 0 aliphatic heterocycles. The Morgan fingerprint density at radius 2 is 1.93 bits per heavy atom. The number of fused-ring (bicyclic) bond motifs is 1. The summed E-state index contributed by atoms with van der Waals surface area (Å²) in [6.45, 7) is 5.85. The lowest BCUT2D eigenvalue weighted by Gasteiger charge is -2.23. The van der Waals surface area contributed by atoms with E-state index in [9.17, 15) is 9.59 Å². The van der Waals surface area contributed by atoms with E-state index < -0.39 is 0 Å². The number of nitrogens with one attached hydrogen (secondary N) is 1. The molecule has 1 fully saturated rings. The summed E-state index contributed by atoms with van der Waals surface area (Å²) in [6.07, 6.45) is 7.24. The van der Waals surface area contributed by atoms with Crippen LogP contribution in [0.2, 0.25) is 0 Å². The Bertz CT molecular complexity index is 1110. The first-order valence-corrected chi connectivity index (χ1v) is 10.7. The zero-order chi connectivity index (χ0) is 19.8. The molecule has 0 spiro atoms. The smallest absolute Gasteiger partial charge is 0.271 e. The molecule has 1 aromatic carbocycles. The van der Waals surface area contributed by atoms with Crippen molar-refractivity contribution >= 4 is 33.1 Å². The molecule has 4 rings (SSSR count). The van der Waals surface area contributed by atoms with Crippen molar-refractivity contribution in [3.8, 4) is 0 Å². The van der Waals surface area contributed by atoms with Crippen molar-refractivity contribution in [3.05, 3.63) is 56.4 Å². The summed E-state index contributed by atoms with van der Waals surface area (Å²) in [5.74, 6) is -0.209. The molecular formula is C22H25N3O2S. The quantitative estimate of drug-likeness (QED) is 0.668. The van der Waals surface area contributed by atoms with Crippen LogP contribution in [0, 0.1) is 20.8 Å². The number of hydrogen-bond acceptors (Lipinski definition) is 4. The van der Waals surface area contributed by atoms with Gasteiger partial charge in [-0.3, -0.25) is 14.2 Å². The predicted molar refractivity (Wildman–Crippen MR) is 115 cm³/mol. The number of carbonyl (C=O) groups is 1. The van der Waals surface area contributed by atoms with Crippen LogP contribution in [-0.4, -0.2) is 15.5 Å². The lowest BCUT2D eigenvalue weighted by atomic mass is 9.95. The monoisotopic (exact) mass is 395 g/mol. The fourth-order valence-corrected chi connectivity index (χ4v) is 5.07. The molecule has 0 radical (unpaired) electrons. The lowest BCUT2D eigenvalue weighted by Crippen LogP contribution is -2.26. The minimum Gasteiger partial charge on any atom is -0.322 e. The van der Waals surface area contributed by atoms with Gasteiger partial charge < -0.3 is 5.32 Å². The highest BCUT2D eigenvalue weighted by Gasteiger charge is 2.23. The van der Waals surface area contributed by atoms with Crippen molar-refractivity contribution in [2.45, 2.75) is 58.9 Å². The Morgan fingerprint density at radius 3 is 2.68 bits per heavy atom. The summed E-state index contributed by atoms with van der Waals surface area (Å²) >= 11 is 1.37. The maximum Gasteiger partial charge on any atom is 0.271 e. The Labute approximate surface area is 168 Å². The molecule has 6 heteroatoms. The first-order valence-electron chi connectivity index (χ1n) is 9.84. The summed E-state index contributed by atoms with van der Waals surface area (Å²) in [7, 11) is 0. The standard InChI is InChI=1S/C22H25N3O2S/c1-13-9-10-14(2)17(11-13)24-21(26)18-15(3)28-20-19(18)23-12-25(22(20)27)16-7-5-4-6-8-16/h9-12,16H,4-8H2,1-3H3,(H,24,26). The average molecular weight is 396 g/mol. The van der Waals surface area contributed by atoms with Gasteiger partial charge >= 0.3 is 0 Å². The average Bonchev–Trinajstić information content (AvgIpc) is 3.03. The van der Waals surface area contributed by atoms with E-state index in [1.807, 2.05) is 39.0 Å². The maximum absolute atomic E-state index is 13.1. The minimum atomic E-state index is -0.209. The number of aromatic nitrogens is 2. The van der Waals surface area contributed by atoms with E-state index in [4.69, 9.17) is 0 Å². The molecule has 1 aliphatic rings. The van der Waals surface area contributed by atoms with Crippen LogP contribution < -0.4 is 10.9 Å². The Balaban J connectivity index is 1.72. The third kappa shape index (κ3) is 3.37. The second kappa shape index (κ2) is 7.51. The molecule has 2 heterocycles. The summed E-state index contributed by atoms with van der Waals surface area (Å²) in [5.41, 5.74) is 3.89. The Morgan fingerprint density at radius 1 is 1.18 bits per heavy atom. The van der Waals surface area contributed by atoms with Crippen molar-refractivity contribution in [1.29, 1.82) is 0 Å². The van der Waals surface area contributed by atoms with Crippen LogP contribution in [-0.2, 0) is 0 Å². The second-order valence-corrected chi connectivity index (χ2v) is 8.96. The van der Waals surface area contributed by atoms with Gasteiger partial charge in [0.25, 0.3) is 11.5 Å². The third-order valence-electron chi connectivity index (χ3n) is 5.64. The van der Waals surface area contributed by atoms with Gasteiger partial charge in [-0.1, -0.05) is 31.4 Å². The van der Waals surface area contributed by atoms with E-state index in [-0.39, 0.29) is 17.5 Å². The second-order valence-electron chi connectivity index (χ2n) is 7.73.